The summed E-state index contributed by atoms with van der Waals surface area (Å²) < 4.78 is 32.9. The number of nitrogens with zero attached hydrogens (tertiary/aromatic N) is 2. The van der Waals surface area contributed by atoms with Gasteiger partial charge in [0, 0.05) is 25.3 Å². The van der Waals surface area contributed by atoms with Crippen molar-refractivity contribution in [3.63, 3.8) is 0 Å². The summed E-state index contributed by atoms with van der Waals surface area (Å²) in [6.07, 6.45) is 0.782. The number of nitrogens with one attached hydrogen (secondary N) is 1. The molecule has 0 spiro atoms. The third kappa shape index (κ3) is 5.52. The summed E-state index contributed by atoms with van der Waals surface area (Å²) in [5.41, 5.74) is 2.63. The minimum absolute atomic E-state index is 0.186. The van der Waals surface area contributed by atoms with Gasteiger partial charge in [-0.2, -0.15) is 0 Å². The van der Waals surface area contributed by atoms with Crippen molar-refractivity contribution in [2.24, 2.45) is 0 Å². The second-order valence-corrected chi connectivity index (χ2v) is 9.84. The zero-order valence-electron chi connectivity index (χ0n) is 19.0. The van der Waals surface area contributed by atoms with Crippen molar-refractivity contribution in [3.8, 4) is 0 Å². The van der Waals surface area contributed by atoms with Crippen molar-refractivity contribution in [2.75, 3.05) is 18.5 Å². The lowest BCUT2D eigenvalue weighted by Gasteiger charge is -2.11. The smallest absolute Gasteiger partial charge is 0.257 e. The van der Waals surface area contributed by atoms with Crippen LogP contribution >= 0.6 is 0 Å². The number of rotatable bonds is 10. The van der Waals surface area contributed by atoms with Crippen LogP contribution < -0.4 is 5.32 Å². The molecule has 3 aromatic carbocycles. The number of amides is 1. The van der Waals surface area contributed by atoms with Crippen LogP contribution in [0.25, 0.3) is 11.0 Å². The molecule has 0 aliphatic rings. The zero-order chi connectivity index (χ0) is 24.0. The van der Waals surface area contributed by atoms with Gasteiger partial charge in [-0.3, -0.25) is 10.1 Å². The largest absolute Gasteiger partial charge is 0.382 e. The molecule has 1 N–H and O–H groups in total. The first-order valence-corrected chi connectivity index (χ1v) is 12.8. The summed E-state index contributed by atoms with van der Waals surface area (Å²) in [5, 5.41) is 2.90. The topological polar surface area (TPSA) is 90.3 Å². The standard InChI is InChI=1S/C26H27N3O4S/c1-2-33-17-9-16-29-24-15-7-6-14-23(24)27-26(29)28-25(30)21-11-8-10-20(18-21)19-34(31,32)22-12-4-3-5-13-22/h3-8,10-15,18H,2,9,16-17,19H2,1H3,(H,27,28,30). The van der Waals surface area contributed by atoms with E-state index in [-0.39, 0.29) is 16.6 Å². The highest BCUT2D eigenvalue weighted by Gasteiger charge is 2.18. The predicted octanol–water partition coefficient (Wildman–Crippen LogP) is 4.69. The molecular weight excluding hydrogens is 450 g/mol. The molecule has 176 valence electrons. The van der Waals surface area contributed by atoms with Crippen LogP contribution in [-0.4, -0.2) is 37.1 Å². The van der Waals surface area contributed by atoms with Gasteiger partial charge in [0.15, 0.2) is 9.84 Å². The number of aromatic nitrogens is 2. The van der Waals surface area contributed by atoms with Crippen molar-refractivity contribution in [2.45, 2.75) is 30.5 Å². The van der Waals surface area contributed by atoms with Crippen LogP contribution in [0.2, 0.25) is 0 Å². The van der Waals surface area contributed by atoms with E-state index < -0.39 is 9.84 Å². The van der Waals surface area contributed by atoms with Crippen molar-refractivity contribution in [1.29, 1.82) is 0 Å². The van der Waals surface area contributed by atoms with Crippen LogP contribution in [0.4, 0.5) is 5.95 Å². The quantitative estimate of drug-likeness (QED) is 0.335. The van der Waals surface area contributed by atoms with E-state index in [1.807, 2.05) is 35.8 Å². The maximum Gasteiger partial charge on any atom is 0.257 e. The summed E-state index contributed by atoms with van der Waals surface area (Å²) in [5.74, 6) is -0.0843. The number of hydrogen-bond donors (Lipinski definition) is 1. The molecule has 34 heavy (non-hydrogen) atoms. The molecule has 0 fully saturated rings. The molecule has 0 aliphatic heterocycles. The first kappa shape index (κ1) is 23.7. The van der Waals surface area contributed by atoms with Crippen LogP contribution in [0.1, 0.15) is 29.3 Å². The average Bonchev–Trinajstić information content (AvgIpc) is 3.19. The maximum atomic E-state index is 13.1. The van der Waals surface area contributed by atoms with E-state index in [1.54, 1.807) is 54.6 Å². The number of anilines is 1. The van der Waals surface area contributed by atoms with E-state index in [0.717, 1.165) is 17.5 Å². The first-order valence-electron chi connectivity index (χ1n) is 11.2. The van der Waals surface area contributed by atoms with Crippen molar-refractivity contribution < 1.29 is 17.9 Å². The molecule has 0 saturated carbocycles. The van der Waals surface area contributed by atoms with E-state index in [2.05, 4.69) is 10.3 Å². The fraction of sp³-hybridized carbons (Fsp3) is 0.231. The second kappa shape index (κ2) is 10.6. The molecule has 0 bridgehead atoms. The highest BCUT2D eigenvalue weighted by atomic mass is 32.2. The minimum Gasteiger partial charge on any atom is -0.382 e. The van der Waals surface area contributed by atoms with Gasteiger partial charge in [0.25, 0.3) is 5.91 Å². The Balaban J connectivity index is 1.54. The Labute approximate surface area is 199 Å². The molecule has 8 heteroatoms. The van der Waals surface area contributed by atoms with E-state index in [4.69, 9.17) is 4.74 Å². The highest BCUT2D eigenvalue weighted by molar-refractivity contribution is 7.90. The number of carbonyl (C=O) groups excluding carboxylic acids is 1. The van der Waals surface area contributed by atoms with Gasteiger partial charge < -0.3 is 9.30 Å². The molecule has 0 aliphatic carbocycles. The molecule has 0 saturated heterocycles. The molecule has 1 heterocycles. The number of carbonyl (C=O) groups is 1. The lowest BCUT2D eigenvalue weighted by Crippen LogP contribution is -2.17. The van der Waals surface area contributed by atoms with Crippen LogP contribution in [0.3, 0.4) is 0 Å². The Morgan fingerprint density at radius 1 is 1.00 bits per heavy atom. The number of aryl methyl sites for hydroxylation is 1. The van der Waals surface area contributed by atoms with Crippen LogP contribution in [-0.2, 0) is 26.9 Å². The van der Waals surface area contributed by atoms with Crippen molar-refractivity contribution >= 4 is 32.7 Å². The molecule has 0 unspecified atom stereocenters. The fourth-order valence-electron chi connectivity index (χ4n) is 3.77. The zero-order valence-corrected chi connectivity index (χ0v) is 19.8. The Morgan fingerprint density at radius 3 is 2.56 bits per heavy atom. The van der Waals surface area contributed by atoms with E-state index >= 15 is 0 Å². The van der Waals surface area contributed by atoms with E-state index in [1.165, 1.54) is 0 Å². The molecule has 1 amide bonds. The Hall–Kier alpha value is -3.49. The lowest BCUT2D eigenvalue weighted by atomic mass is 10.1. The normalized spacial score (nSPS) is 11.6. The molecule has 0 radical (unpaired) electrons. The van der Waals surface area contributed by atoms with Gasteiger partial charge >= 0.3 is 0 Å². The number of para-hydroxylation sites is 2. The third-order valence-electron chi connectivity index (χ3n) is 5.40. The Morgan fingerprint density at radius 2 is 1.76 bits per heavy atom. The van der Waals surface area contributed by atoms with Gasteiger partial charge in [-0.15, -0.1) is 0 Å². The molecule has 1 aromatic heterocycles. The average molecular weight is 478 g/mol. The van der Waals surface area contributed by atoms with Crippen molar-refractivity contribution in [3.05, 3.63) is 90.0 Å². The third-order valence-corrected chi connectivity index (χ3v) is 7.11. The maximum absolute atomic E-state index is 13.1. The summed E-state index contributed by atoms with van der Waals surface area (Å²) >= 11 is 0. The van der Waals surface area contributed by atoms with Gasteiger partial charge in [0.2, 0.25) is 5.95 Å². The van der Waals surface area contributed by atoms with Crippen LogP contribution in [0.15, 0.2) is 83.8 Å². The van der Waals surface area contributed by atoms with E-state index in [0.29, 0.717) is 36.8 Å². The Kier molecular flexibility index (Phi) is 7.40. The molecule has 0 atom stereocenters. The van der Waals surface area contributed by atoms with Crippen LogP contribution in [0.5, 0.6) is 0 Å². The van der Waals surface area contributed by atoms with Gasteiger partial charge in [0.1, 0.15) is 0 Å². The summed E-state index contributed by atoms with van der Waals surface area (Å²) in [4.78, 5) is 17.9. The summed E-state index contributed by atoms with van der Waals surface area (Å²) in [7, 11) is -3.51. The molecule has 7 nitrogen and oxygen atoms in total. The molecular formula is C26H27N3O4S. The predicted molar refractivity (Wildman–Crippen MR) is 133 cm³/mol. The lowest BCUT2D eigenvalue weighted by molar-refractivity contribution is 0.102. The monoisotopic (exact) mass is 477 g/mol. The van der Waals surface area contributed by atoms with Gasteiger partial charge in [-0.05, 0) is 55.3 Å². The number of fused-ring (bicyclic) bond motifs is 1. The minimum atomic E-state index is -3.51. The highest BCUT2D eigenvalue weighted by Crippen LogP contribution is 2.22. The fourth-order valence-corrected chi connectivity index (χ4v) is 5.13. The number of hydrogen-bond acceptors (Lipinski definition) is 5. The molecule has 4 aromatic rings. The van der Waals surface area contributed by atoms with Crippen LogP contribution in [0, 0.1) is 0 Å². The summed E-state index contributed by atoms with van der Waals surface area (Å²) in [6.45, 7) is 3.88. The number of sulfone groups is 1. The van der Waals surface area contributed by atoms with Gasteiger partial charge in [0.05, 0.1) is 21.7 Å². The van der Waals surface area contributed by atoms with Gasteiger partial charge in [-0.1, -0.05) is 42.5 Å². The summed E-state index contributed by atoms with van der Waals surface area (Å²) in [6, 6.07) is 22.7. The SMILES string of the molecule is CCOCCCn1c(NC(=O)c2cccc(CS(=O)(=O)c3ccccc3)c2)nc2ccccc21. The second-order valence-electron chi connectivity index (χ2n) is 7.85. The molecule has 4 rings (SSSR count). The number of imidazole rings is 1. The van der Waals surface area contributed by atoms with Gasteiger partial charge in [-0.25, -0.2) is 13.4 Å². The number of ether oxygens (including phenoxy) is 1. The van der Waals surface area contributed by atoms with Crippen molar-refractivity contribution in [1.82, 2.24) is 9.55 Å². The van der Waals surface area contributed by atoms with E-state index in [9.17, 15) is 13.2 Å². The first-order chi connectivity index (χ1) is 16.5. The Bertz CT molecular complexity index is 1380. The number of benzene rings is 3.